The summed E-state index contributed by atoms with van der Waals surface area (Å²) >= 11 is 0. The van der Waals surface area contributed by atoms with E-state index in [1.807, 2.05) is 6.92 Å². The lowest BCUT2D eigenvalue weighted by Gasteiger charge is -2.12. The molecule has 0 spiro atoms. The Balaban J connectivity index is 2.73. The number of nitrogens with two attached hydrogens (primary N) is 1. The number of alkyl halides is 3. The third-order valence-corrected chi connectivity index (χ3v) is 2.81. The van der Waals surface area contributed by atoms with Crippen molar-refractivity contribution >= 4 is 0 Å². The molecule has 0 aromatic carbocycles. The second kappa shape index (κ2) is 6.04. The van der Waals surface area contributed by atoms with Gasteiger partial charge in [-0.25, -0.2) is 0 Å². The van der Waals surface area contributed by atoms with Crippen molar-refractivity contribution in [1.82, 2.24) is 4.57 Å². The molecule has 3 nitrogen and oxygen atoms in total. The molecule has 1 aromatic heterocycles. The average Bonchev–Trinajstić information content (AvgIpc) is 2.29. The second-order valence-corrected chi connectivity index (χ2v) is 4.26. The van der Waals surface area contributed by atoms with Gasteiger partial charge in [0.05, 0.1) is 5.56 Å². The van der Waals surface area contributed by atoms with Gasteiger partial charge in [-0.05, 0) is 25.3 Å². The lowest BCUT2D eigenvalue weighted by molar-refractivity contribution is -0.138. The van der Waals surface area contributed by atoms with E-state index in [9.17, 15) is 18.0 Å². The van der Waals surface area contributed by atoms with E-state index in [-0.39, 0.29) is 12.6 Å². The van der Waals surface area contributed by atoms with E-state index in [0.717, 1.165) is 29.3 Å². The Morgan fingerprint density at radius 1 is 1.39 bits per heavy atom. The molecule has 1 atom stereocenters. The van der Waals surface area contributed by atoms with Gasteiger partial charge < -0.3 is 10.3 Å². The molecule has 0 aliphatic carbocycles. The monoisotopic (exact) mass is 262 g/mol. The van der Waals surface area contributed by atoms with Crippen LogP contribution in [-0.4, -0.2) is 10.6 Å². The fourth-order valence-corrected chi connectivity index (χ4v) is 1.60. The van der Waals surface area contributed by atoms with Crippen molar-refractivity contribution in [3.63, 3.8) is 0 Å². The smallest absolute Gasteiger partial charge is 0.328 e. The first kappa shape index (κ1) is 14.8. The summed E-state index contributed by atoms with van der Waals surface area (Å²) in [4.78, 5) is 11.4. The third-order valence-electron chi connectivity index (χ3n) is 2.81. The molecule has 1 aromatic rings. The van der Waals surface area contributed by atoms with Gasteiger partial charge in [0.25, 0.3) is 5.56 Å². The number of halogens is 3. The highest BCUT2D eigenvalue weighted by molar-refractivity contribution is 5.13. The minimum atomic E-state index is -4.42. The SMILES string of the molecule is CCC(N)CCCn1cc(C(F)(F)F)ccc1=O. The van der Waals surface area contributed by atoms with E-state index in [1.165, 1.54) is 0 Å². The van der Waals surface area contributed by atoms with E-state index in [1.54, 1.807) is 0 Å². The maximum absolute atomic E-state index is 12.5. The lowest BCUT2D eigenvalue weighted by Crippen LogP contribution is -2.23. The van der Waals surface area contributed by atoms with Crippen molar-refractivity contribution in [2.75, 3.05) is 0 Å². The first-order valence-electron chi connectivity index (χ1n) is 5.88. The molecule has 0 fully saturated rings. The van der Waals surface area contributed by atoms with E-state index >= 15 is 0 Å². The predicted octanol–water partition coefficient (Wildman–Crippen LogP) is 2.38. The number of hydrogen-bond acceptors (Lipinski definition) is 2. The van der Waals surface area contributed by atoms with Gasteiger partial charge in [0, 0.05) is 24.8 Å². The molecule has 0 bridgehead atoms. The zero-order chi connectivity index (χ0) is 13.8. The molecule has 0 aliphatic rings. The van der Waals surface area contributed by atoms with Gasteiger partial charge in [-0.1, -0.05) is 6.92 Å². The quantitative estimate of drug-likeness (QED) is 0.885. The average molecular weight is 262 g/mol. The number of rotatable bonds is 5. The first-order chi connectivity index (χ1) is 8.34. The first-order valence-corrected chi connectivity index (χ1v) is 5.88. The summed E-state index contributed by atoms with van der Waals surface area (Å²) in [5.74, 6) is 0. The largest absolute Gasteiger partial charge is 0.417 e. The van der Waals surface area contributed by atoms with Crippen molar-refractivity contribution in [3.05, 3.63) is 34.2 Å². The van der Waals surface area contributed by atoms with E-state index in [0.29, 0.717) is 12.8 Å². The second-order valence-electron chi connectivity index (χ2n) is 4.26. The van der Waals surface area contributed by atoms with Crippen molar-refractivity contribution in [1.29, 1.82) is 0 Å². The third kappa shape index (κ3) is 4.18. The standard InChI is InChI=1S/C12H17F3N2O/c1-2-10(16)4-3-7-17-8-9(12(13,14)15)5-6-11(17)18/h5-6,8,10H,2-4,7,16H2,1H3. The summed E-state index contributed by atoms with van der Waals surface area (Å²) in [7, 11) is 0. The van der Waals surface area contributed by atoms with Gasteiger partial charge in [-0.2, -0.15) is 13.2 Å². The topological polar surface area (TPSA) is 48.0 Å². The van der Waals surface area contributed by atoms with E-state index < -0.39 is 17.3 Å². The molecule has 0 saturated carbocycles. The van der Waals surface area contributed by atoms with Gasteiger partial charge in [0.15, 0.2) is 0 Å². The van der Waals surface area contributed by atoms with E-state index in [4.69, 9.17) is 5.73 Å². The lowest BCUT2D eigenvalue weighted by atomic mass is 10.1. The molecular weight excluding hydrogens is 245 g/mol. The Morgan fingerprint density at radius 2 is 2.06 bits per heavy atom. The van der Waals surface area contributed by atoms with Crippen LogP contribution < -0.4 is 11.3 Å². The van der Waals surface area contributed by atoms with Crippen LogP contribution in [0.1, 0.15) is 31.7 Å². The maximum atomic E-state index is 12.5. The molecule has 0 saturated heterocycles. The number of aryl methyl sites for hydroxylation is 1. The van der Waals surface area contributed by atoms with Crippen LogP contribution in [-0.2, 0) is 12.7 Å². The molecule has 102 valence electrons. The summed E-state index contributed by atoms with van der Waals surface area (Å²) < 4.78 is 38.5. The van der Waals surface area contributed by atoms with Crippen LogP contribution in [0, 0.1) is 0 Å². The Labute approximate surface area is 103 Å². The molecular formula is C12H17F3N2O. The molecule has 0 aliphatic heterocycles. The Hall–Kier alpha value is -1.30. The van der Waals surface area contributed by atoms with Crippen LogP contribution in [0.2, 0.25) is 0 Å². The van der Waals surface area contributed by atoms with Crippen LogP contribution in [0.25, 0.3) is 0 Å². The summed E-state index contributed by atoms with van der Waals surface area (Å²) in [5.41, 5.74) is 4.48. The van der Waals surface area contributed by atoms with Gasteiger partial charge in [0.1, 0.15) is 0 Å². The van der Waals surface area contributed by atoms with Crippen molar-refractivity contribution in [3.8, 4) is 0 Å². The normalized spacial score (nSPS) is 13.6. The highest BCUT2D eigenvalue weighted by Crippen LogP contribution is 2.28. The van der Waals surface area contributed by atoms with E-state index in [2.05, 4.69) is 0 Å². The van der Waals surface area contributed by atoms with Crippen LogP contribution in [0.3, 0.4) is 0 Å². The van der Waals surface area contributed by atoms with Crippen LogP contribution in [0.4, 0.5) is 13.2 Å². The summed E-state index contributed by atoms with van der Waals surface area (Å²) in [6.07, 6.45) is -1.46. The van der Waals surface area contributed by atoms with Crippen molar-refractivity contribution < 1.29 is 13.2 Å². The molecule has 0 radical (unpaired) electrons. The predicted molar refractivity (Wildman–Crippen MR) is 63.2 cm³/mol. The molecule has 18 heavy (non-hydrogen) atoms. The molecule has 0 amide bonds. The van der Waals surface area contributed by atoms with Crippen LogP contribution in [0.15, 0.2) is 23.1 Å². The maximum Gasteiger partial charge on any atom is 0.417 e. The fraction of sp³-hybridized carbons (Fsp3) is 0.583. The highest BCUT2D eigenvalue weighted by atomic mass is 19.4. The molecule has 1 heterocycles. The Kier molecular flexibility index (Phi) is 4.95. The van der Waals surface area contributed by atoms with Crippen molar-refractivity contribution in [2.24, 2.45) is 5.73 Å². The van der Waals surface area contributed by atoms with Gasteiger partial charge >= 0.3 is 6.18 Å². The minimum Gasteiger partial charge on any atom is -0.328 e. The fourth-order valence-electron chi connectivity index (χ4n) is 1.60. The minimum absolute atomic E-state index is 0.0338. The molecule has 2 N–H and O–H groups in total. The van der Waals surface area contributed by atoms with Gasteiger partial charge in [-0.3, -0.25) is 4.79 Å². The number of hydrogen-bond donors (Lipinski definition) is 1. The van der Waals surface area contributed by atoms with Gasteiger partial charge in [-0.15, -0.1) is 0 Å². The number of aromatic nitrogens is 1. The summed E-state index contributed by atoms with van der Waals surface area (Å²) in [6.45, 7) is 2.21. The Morgan fingerprint density at radius 3 is 2.61 bits per heavy atom. The van der Waals surface area contributed by atoms with Crippen molar-refractivity contribution in [2.45, 2.75) is 44.9 Å². The summed E-state index contributed by atoms with van der Waals surface area (Å²) in [6, 6.07) is 1.78. The highest BCUT2D eigenvalue weighted by Gasteiger charge is 2.30. The number of nitrogens with zero attached hydrogens (tertiary/aromatic N) is 1. The number of pyridine rings is 1. The Bertz CT molecular complexity index is 440. The molecule has 6 heteroatoms. The zero-order valence-corrected chi connectivity index (χ0v) is 10.2. The van der Waals surface area contributed by atoms with Crippen LogP contribution >= 0.6 is 0 Å². The van der Waals surface area contributed by atoms with Gasteiger partial charge in [0.2, 0.25) is 0 Å². The molecule has 1 unspecified atom stereocenters. The summed E-state index contributed by atoms with van der Waals surface area (Å²) in [5, 5.41) is 0. The zero-order valence-electron chi connectivity index (χ0n) is 10.2. The molecule has 1 rings (SSSR count). The van der Waals surface area contributed by atoms with Crippen LogP contribution in [0.5, 0.6) is 0 Å².